The van der Waals surface area contributed by atoms with Crippen molar-refractivity contribution in [3.05, 3.63) is 58.6 Å². The third kappa shape index (κ3) is 4.60. The van der Waals surface area contributed by atoms with Gasteiger partial charge in [-0.05, 0) is 45.0 Å². The molecule has 0 saturated carbocycles. The van der Waals surface area contributed by atoms with Crippen molar-refractivity contribution in [1.29, 1.82) is 0 Å². The molecule has 0 spiro atoms. The summed E-state index contributed by atoms with van der Waals surface area (Å²) in [5.41, 5.74) is 4.25. The van der Waals surface area contributed by atoms with Crippen LogP contribution in [0.3, 0.4) is 0 Å². The number of hydrogen-bond acceptors (Lipinski definition) is 8. The maximum absolute atomic E-state index is 14.7. The molecule has 158 valence electrons. The fourth-order valence-corrected chi connectivity index (χ4v) is 3.84. The average molecular weight is 431 g/mol. The lowest BCUT2D eigenvalue weighted by Gasteiger charge is -2.32. The third-order valence-electron chi connectivity index (χ3n) is 4.41. The normalized spacial score (nSPS) is 19.0. The zero-order valence-corrected chi connectivity index (χ0v) is 17.7. The number of amides is 1. The van der Waals surface area contributed by atoms with Crippen molar-refractivity contribution in [2.75, 3.05) is 12.4 Å². The summed E-state index contributed by atoms with van der Waals surface area (Å²) in [5, 5.41) is 13.2. The van der Waals surface area contributed by atoms with E-state index in [9.17, 15) is 14.3 Å². The molecule has 1 atom stereocenters. The smallest absolute Gasteiger partial charge is 0.275 e. The van der Waals surface area contributed by atoms with Crippen molar-refractivity contribution in [2.24, 2.45) is 10.7 Å². The Balaban J connectivity index is 1.93. The molecular weight excluding hydrogens is 409 g/mol. The molecule has 4 N–H and O–H groups in total. The number of amidine groups is 1. The van der Waals surface area contributed by atoms with Crippen LogP contribution >= 0.6 is 11.8 Å². The summed E-state index contributed by atoms with van der Waals surface area (Å²) < 4.78 is 19.7. The molecule has 1 amide bonds. The van der Waals surface area contributed by atoms with E-state index in [1.54, 1.807) is 26.8 Å². The number of nitrogens with two attached hydrogens (primary N) is 1. The molecule has 0 bridgehead atoms. The van der Waals surface area contributed by atoms with E-state index in [-0.39, 0.29) is 22.3 Å². The number of ether oxygens (including phenoxy) is 1. The van der Waals surface area contributed by atoms with E-state index in [1.807, 2.05) is 0 Å². The highest BCUT2D eigenvalue weighted by atomic mass is 32.2. The Labute approximate surface area is 177 Å². The number of carbonyl (C=O) groups excluding carboxylic acids is 1. The first kappa shape index (κ1) is 21.7. The number of methoxy groups -OCH3 is 1. The van der Waals surface area contributed by atoms with E-state index in [0.29, 0.717) is 10.6 Å². The molecule has 2 heterocycles. The Hall–Kier alpha value is -2.98. The second-order valence-corrected chi connectivity index (χ2v) is 8.42. The summed E-state index contributed by atoms with van der Waals surface area (Å²) in [6.07, 6.45) is 4.28. The molecule has 0 saturated heterocycles. The number of halogens is 1. The molecule has 0 unspecified atom stereocenters. The highest BCUT2D eigenvalue weighted by Gasteiger charge is 2.35. The molecule has 1 aliphatic heterocycles. The Kier molecular flexibility index (Phi) is 5.82. The van der Waals surface area contributed by atoms with E-state index in [1.165, 1.54) is 37.7 Å². The van der Waals surface area contributed by atoms with Gasteiger partial charge in [-0.2, -0.15) is 0 Å². The topological polar surface area (TPSA) is 123 Å². The van der Waals surface area contributed by atoms with Gasteiger partial charge in [-0.3, -0.25) is 4.79 Å². The van der Waals surface area contributed by atoms with E-state index < -0.39 is 22.9 Å². The van der Waals surface area contributed by atoms with Gasteiger partial charge in [0.2, 0.25) is 5.88 Å². The second kappa shape index (κ2) is 8.04. The molecule has 0 fully saturated rings. The second-order valence-electron chi connectivity index (χ2n) is 7.36. The van der Waals surface area contributed by atoms with Gasteiger partial charge in [-0.25, -0.2) is 19.4 Å². The van der Waals surface area contributed by atoms with Crippen LogP contribution in [0, 0.1) is 5.82 Å². The minimum atomic E-state index is -1.16. The molecule has 1 aliphatic rings. The average Bonchev–Trinajstić information content (AvgIpc) is 2.68. The summed E-state index contributed by atoms with van der Waals surface area (Å²) in [6, 6.07) is 4.15. The van der Waals surface area contributed by atoms with Crippen LogP contribution in [0.1, 0.15) is 36.8 Å². The van der Waals surface area contributed by atoms with Gasteiger partial charge in [-0.1, -0.05) is 11.8 Å². The van der Waals surface area contributed by atoms with Gasteiger partial charge < -0.3 is 20.9 Å². The lowest BCUT2D eigenvalue weighted by atomic mass is 9.89. The largest absolute Gasteiger partial charge is 0.480 e. The van der Waals surface area contributed by atoms with Crippen LogP contribution < -0.4 is 15.8 Å². The number of hydrogen-bond donors (Lipinski definition) is 3. The number of aliphatic hydroxyl groups is 1. The SMILES string of the molecule is COc1cnc(C(=O)Nc2ccc(F)c([C@]3(C)C=C(C(C)(C)O)SC(N)=N3)c2)cn1. The molecule has 1 aromatic carbocycles. The van der Waals surface area contributed by atoms with Crippen LogP contribution in [-0.4, -0.2) is 38.9 Å². The Morgan fingerprint density at radius 3 is 2.67 bits per heavy atom. The maximum atomic E-state index is 14.7. The Morgan fingerprint density at radius 2 is 2.07 bits per heavy atom. The van der Waals surface area contributed by atoms with Gasteiger partial charge in [0.05, 0.1) is 25.1 Å². The number of benzene rings is 1. The predicted molar refractivity (Wildman–Crippen MR) is 114 cm³/mol. The van der Waals surface area contributed by atoms with Gasteiger partial charge in [0.25, 0.3) is 5.91 Å². The van der Waals surface area contributed by atoms with Crippen LogP contribution in [-0.2, 0) is 5.54 Å². The monoisotopic (exact) mass is 431 g/mol. The highest BCUT2D eigenvalue weighted by Crippen LogP contribution is 2.41. The van der Waals surface area contributed by atoms with E-state index in [4.69, 9.17) is 10.5 Å². The van der Waals surface area contributed by atoms with E-state index in [0.717, 1.165) is 11.8 Å². The van der Waals surface area contributed by atoms with Gasteiger partial charge in [0.15, 0.2) is 5.17 Å². The van der Waals surface area contributed by atoms with E-state index in [2.05, 4.69) is 20.3 Å². The number of thioether (sulfide) groups is 1. The minimum absolute atomic E-state index is 0.0773. The molecule has 30 heavy (non-hydrogen) atoms. The number of nitrogens with zero attached hydrogens (tertiary/aromatic N) is 3. The summed E-state index contributed by atoms with van der Waals surface area (Å²) >= 11 is 1.13. The molecule has 3 rings (SSSR count). The standard InChI is InChI=1S/C20H22FN5O3S/c1-19(2,28)15-8-20(3,26-18(22)30-15)12-7-11(5-6-13(12)21)25-17(27)14-9-24-16(29-4)10-23-14/h5-10,28H,1-4H3,(H2,22,26)(H,25,27)/t20-/m0/s1. The molecule has 1 aromatic heterocycles. The summed E-state index contributed by atoms with van der Waals surface area (Å²) in [4.78, 5) is 25.3. The summed E-state index contributed by atoms with van der Waals surface area (Å²) in [7, 11) is 1.45. The molecule has 2 aromatic rings. The van der Waals surface area contributed by atoms with Crippen LogP contribution in [0.4, 0.5) is 10.1 Å². The first-order valence-electron chi connectivity index (χ1n) is 8.98. The molecule has 0 radical (unpaired) electrons. The summed E-state index contributed by atoms with van der Waals surface area (Å²) in [5.74, 6) is -0.749. The highest BCUT2D eigenvalue weighted by molar-refractivity contribution is 8.17. The number of nitrogens with one attached hydrogen (secondary N) is 1. The van der Waals surface area contributed by atoms with Crippen LogP contribution in [0.15, 0.2) is 46.6 Å². The first-order chi connectivity index (χ1) is 14.0. The fourth-order valence-electron chi connectivity index (χ4n) is 2.85. The van der Waals surface area contributed by atoms with Gasteiger partial charge in [-0.15, -0.1) is 0 Å². The van der Waals surface area contributed by atoms with Crippen LogP contribution in [0.2, 0.25) is 0 Å². The molecule has 8 nitrogen and oxygen atoms in total. The van der Waals surface area contributed by atoms with Crippen molar-refractivity contribution in [3.63, 3.8) is 0 Å². The molecule has 10 heteroatoms. The number of anilines is 1. The van der Waals surface area contributed by atoms with Crippen molar-refractivity contribution in [2.45, 2.75) is 31.9 Å². The van der Waals surface area contributed by atoms with Crippen LogP contribution in [0.25, 0.3) is 0 Å². The van der Waals surface area contributed by atoms with Crippen molar-refractivity contribution in [3.8, 4) is 5.88 Å². The zero-order chi connectivity index (χ0) is 22.1. The van der Waals surface area contributed by atoms with Crippen LogP contribution in [0.5, 0.6) is 5.88 Å². The lowest BCUT2D eigenvalue weighted by molar-refractivity contribution is 0.102. The van der Waals surface area contributed by atoms with Gasteiger partial charge >= 0.3 is 0 Å². The van der Waals surface area contributed by atoms with E-state index >= 15 is 0 Å². The Bertz CT molecular complexity index is 1030. The number of carbonyl (C=O) groups is 1. The van der Waals surface area contributed by atoms with Gasteiger partial charge in [0, 0.05) is 16.2 Å². The van der Waals surface area contributed by atoms with Crippen molar-refractivity contribution in [1.82, 2.24) is 9.97 Å². The maximum Gasteiger partial charge on any atom is 0.275 e. The third-order valence-corrected chi connectivity index (χ3v) is 5.55. The molecule has 0 aliphatic carbocycles. The van der Waals surface area contributed by atoms with Gasteiger partial charge in [0.1, 0.15) is 17.1 Å². The minimum Gasteiger partial charge on any atom is -0.480 e. The lowest BCUT2D eigenvalue weighted by Crippen LogP contribution is -2.32. The fraction of sp³-hybridized carbons (Fsp3) is 0.300. The Morgan fingerprint density at radius 1 is 1.33 bits per heavy atom. The zero-order valence-electron chi connectivity index (χ0n) is 16.9. The predicted octanol–water partition coefficient (Wildman–Crippen LogP) is 2.81. The number of aliphatic imine (C=N–C) groups is 1. The summed E-state index contributed by atoms with van der Waals surface area (Å²) in [6.45, 7) is 4.92. The number of rotatable bonds is 5. The number of aromatic nitrogens is 2. The quantitative estimate of drug-likeness (QED) is 0.665. The van der Waals surface area contributed by atoms with Crippen molar-refractivity contribution < 1.29 is 19.0 Å². The molecular formula is C20H22FN5O3S. The first-order valence-corrected chi connectivity index (χ1v) is 9.80. The van der Waals surface area contributed by atoms with Crippen molar-refractivity contribution >= 4 is 28.5 Å².